The van der Waals surface area contributed by atoms with Gasteiger partial charge in [-0.05, 0) is 37.1 Å². The Morgan fingerprint density at radius 3 is 2.56 bits per heavy atom. The van der Waals surface area contributed by atoms with Crippen LogP contribution in [-0.4, -0.2) is 50.5 Å². The molecule has 4 rings (SSSR count). The molecule has 0 radical (unpaired) electrons. The second kappa shape index (κ2) is 9.79. The van der Waals surface area contributed by atoms with Gasteiger partial charge in [-0.15, -0.1) is 0 Å². The number of aromatic nitrogens is 3. The Bertz CT molecular complexity index is 1250. The number of halogens is 5. The summed E-state index contributed by atoms with van der Waals surface area (Å²) in [6, 6.07) is 5.16. The SMILES string of the molecule is Cn1c(=O)n(Cc2cc(F)ccc2F)c2c(N3CCC[C@@H](N)C3)ccnc21.O=C(O)C(F)(F)F. The summed E-state index contributed by atoms with van der Waals surface area (Å²) in [6.45, 7) is 1.43. The first-order chi connectivity index (χ1) is 15.9. The zero-order valence-electron chi connectivity index (χ0n) is 18.0. The molecule has 8 nitrogen and oxygen atoms in total. The number of nitrogens with zero attached hydrogens (tertiary/aromatic N) is 4. The summed E-state index contributed by atoms with van der Waals surface area (Å²) in [4.78, 5) is 28.2. The monoisotopic (exact) mass is 487 g/mol. The molecular weight excluding hydrogens is 465 g/mol. The van der Waals surface area contributed by atoms with Gasteiger partial charge in [-0.3, -0.25) is 9.13 Å². The number of piperidine rings is 1. The van der Waals surface area contributed by atoms with Crippen LogP contribution in [0.3, 0.4) is 0 Å². The molecule has 0 spiro atoms. The molecule has 2 aromatic heterocycles. The Hall–Kier alpha value is -3.48. The first-order valence-corrected chi connectivity index (χ1v) is 10.2. The summed E-state index contributed by atoms with van der Waals surface area (Å²) >= 11 is 0. The van der Waals surface area contributed by atoms with E-state index in [0.29, 0.717) is 17.7 Å². The molecule has 1 aromatic carbocycles. The summed E-state index contributed by atoms with van der Waals surface area (Å²) in [5.74, 6) is -3.85. The highest BCUT2D eigenvalue weighted by atomic mass is 19.4. The van der Waals surface area contributed by atoms with Crippen molar-refractivity contribution < 1.29 is 31.9 Å². The van der Waals surface area contributed by atoms with Crippen LogP contribution in [0, 0.1) is 11.6 Å². The second-order valence-corrected chi connectivity index (χ2v) is 7.82. The predicted molar refractivity (Wildman–Crippen MR) is 114 cm³/mol. The minimum atomic E-state index is -5.08. The Labute approximate surface area is 190 Å². The fraction of sp³-hybridized carbons (Fsp3) is 0.381. The van der Waals surface area contributed by atoms with Crippen molar-refractivity contribution in [2.45, 2.75) is 31.6 Å². The molecule has 13 heteroatoms. The largest absolute Gasteiger partial charge is 0.490 e. The highest BCUT2D eigenvalue weighted by Crippen LogP contribution is 2.28. The summed E-state index contributed by atoms with van der Waals surface area (Å²) in [5, 5.41) is 7.12. The van der Waals surface area contributed by atoms with Crippen LogP contribution < -0.4 is 16.3 Å². The van der Waals surface area contributed by atoms with Crippen LogP contribution in [0.5, 0.6) is 0 Å². The maximum atomic E-state index is 14.2. The van der Waals surface area contributed by atoms with Gasteiger partial charge in [0.2, 0.25) is 0 Å². The number of carboxylic acids is 1. The van der Waals surface area contributed by atoms with Gasteiger partial charge in [0, 0.05) is 37.9 Å². The number of aryl methyl sites for hydroxylation is 1. The third-order valence-electron chi connectivity index (χ3n) is 5.37. The van der Waals surface area contributed by atoms with Gasteiger partial charge < -0.3 is 15.7 Å². The standard InChI is InChI=1S/C19H21F2N5O.C2HF3O2/c1-24-18-17(16(6-7-23-18)25-8-2-3-14(22)11-25)26(19(24)27)10-12-9-13(20)4-5-15(12)21;3-2(4,5)1(6)7/h4-7,9,14H,2-3,8,10-11,22H2,1H3;(H,6,7)/t14-;/m1./s1. The fourth-order valence-corrected chi connectivity index (χ4v) is 3.77. The zero-order chi connectivity index (χ0) is 25.2. The predicted octanol–water partition coefficient (Wildman–Crippen LogP) is 2.62. The van der Waals surface area contributed by atoms with E-state index in [9.17, 15) is 26.7 Å². The van der Waals surface area contributed by atoms with Crippen LogP contribution in [0.1, 0.15) is 18.4 Å². The van der Waals surface area contributed by atoms with Crippen LogP contribution in [0.2, 0.25) is 0 Å². The molecule has 3 aromatic rings. The lowest BCUT2D eigenvalue weighted by Crippen LogP contribution is -2.43. The lowest BCUT2D eigenvalue weighted by atomic mass is 10.1. The average molecular weight is 487 g/mol. The number of carboxylic acid groups (broad SMARTS) is 1. The molecule has 0 aliphatic carbocycles. The van der Waals surface area contributed by atoms with Gasteiger partial charge in [-0.2, -0.15) is 13.2 Å². The fourth-order valence-electron chi connectivity index (χ4n) is 3.77. The minimum absolute atomic E-state index is 0.0616. The topological polar surface area (TPSA) is 106 Å². The summed E-state index contributed by atoms with van der Waals surface area (Å²) in [6.07, 6.45) is -1.51. The molecule has 1 fully saturated rings. The number of fused-ring (bicyclic) bond motifs is 1. The average Bonchev–Trinajstić information content (AvgIpc) is 3.01. The number of rotatable bonds is 3. The molecule has 34 heavy (non-hydrogen) atoms. The molecule has 1 saturated heterocycles. The van der Waals surface area contributed by atoms with Crippen molar-refractivity contribution in [3.05, 3.63) is 58.1 Å². The van der Waals surface area contributed by atoms with E-state index in [2.05, 4.69) is 9.88 Å². The van der Waals surface area contributed by atoms with E-state index in [-0.39, 0.29) is 23.8 Å². The van der Waals surface area contributed by atoms with Gasteiger partial charge in [-0.1, -0.05) is 0 Å². The Kier molecular flexibility index (Phi) is 7.24. The first-order valence-electron chi connectivity index (χ1n) is 10.2. The molecule has 0 unspecified atom stereocenters. The van der Waals surface area contributed by atoms with Crippen LogP contribution in [0.4, 0.5) is 27.6 Å². The van der Waals surface area contributed by atoms with Gasteiger partial charge >= 0.3 is 17.8 Å². The normalized spacial score (nSPS) is 16.3. The highest BCUT2D eigenvalue weighted by molar-refractivity contribution is 5.87. The maximum Gasteiger partial charge on any atom is 0.490 e. The number of hydrogen-bond acceptors (Lipinski definition) is 5. The molecule has 184 valence electrons. The number of anilines is 1. The zero-order valence-corrected chi connectivity index (χ0v) is 18.0. The van der Waals surface area contributed by atoms with E-state index < -0.39 is 23.8 Å². The summed E-state index contributed by atoms with van der Waals surface area (Å²) < 4.78 is 62.4. The van der Waals surface area contributed by atoms with Crippen molar-refractivity contribution >= 4 is 22.8 Å². The first kappa shape index (κ1) is 25.1. The van der Waals surface area contributed by atoms with Crippen molar-refractivity contribution in [3.8, 4) is 0 Å². The second-order valence-electron chi connectivity index (χ2n) is 7.82. The van der Waals surface area contributed by atoms with E-state index in [1.807, 2.05) is 6.07 Å². The number of aliphatic carboxylic acids is 1. The molecule has 0 amide bonds. The Morgan fingerprint density at radius 1 is 1.26 bits per heavy atom. The van der Waals surface area contributed by atoms with Crippen molar-refractivity contribution in [1.82, 2.24) is 14.1 Å². The van der Waals surface area contributed by atoms with Crippen LogP contribution in [0.15, 0.2) is 35.3 Å². The maximum absolute atomic E-state index is 14.2. The minimum Gasteiger partial charge on any atom is -0.475 e. The number of hydrogen-bond donors (Lipinski definition) is 2. The molecule has 3 heterocycles. The molecule has 1 aliphatic rings. The van der Waals surface area contributed by atoms with Crippen LogP contribution in [-0.2, 0) is 18.4 Å². The Morgan fingerprint density at radius 2 is 1.94 bits per heavy atom. The third kappa shape index (κ3) is 5.35. The third-order valence-corrected chi connectivity index (χ3v) is 5.37. The lowest BCUT2D eigenvalue weighted by Gasteiger charge is -2.33. The lowest BCUT2D eigenvalue weighted by molar-refractivity contribution is -0.192. The molecule has 0 bridgehead atoms. The van der Waals surface area contributed by atoms with E-state index in [1.165, 1.54) is 9.13 Å². The molecule has 1 atom stereocenters. The van der Waals surface area contributed by atoms with Crippen molar-refractivity contribution in [3.63, 3.8) is 0 Å². The van der Waals surface area contributed by atoms with Crippen molar-refractivity contribution in [2.75, 3.05) is 18.0 Å². The number of imidazole rings is 1. The van der Waals surface area contributed by atoms with Crippen molar-refractivity contribution in [2.24, 2.45) is 12.8 Å². The van der Waals surface area contributed by atoms with Gasteiger partial charge in [0.05, 0.1) is 12.2 Å². The van der Waals surface area contributed by atoms with E-state index in [4.69, 9.17) is 15.6 Å². The van der Waals surface area contributed by atoms with Crippen molar-refractivity contribution in [1.29, 1.82) is 0 Å². The number of alkyl halides is 3. The number of benzene rings is 1. The molecule has 1 aliphatic heterocycles. The van der Waals surface area contributed by atoms with E-state index in [1.54, 1.807) is 13.2 Å². The van der Waals surface area contributed by atoms with Gasteiger partial charge in [0.25, 0.3) is 0 Å². The number of carbonyl (C=O) groups is 1. The summed E-state index contributed by atoms with van der Waals surface area (Å²) in [5.41, 5.74) is 7.87. The van der Waals surface area contributed by atoms with Gasteiger partial charge in [-0.25, -0.2) is 23.4 Å². The van der Waals surface area contributed by atoms with E-state index in [0.717, 1.165) is 43.3 Å². The quantitative estimate of drug-likeness (QED) is 0.551. The van der Waals surface area contributed by atoms with E-state index >= 15 is 0 Å². The highest BCUT2D eigenvalue weighted by Gasteiger charge is 2.38. The molecule has 0 saturated carbocycles. The Balaban J connectivity index is 0.000000406. The molecular formula is C21H22F5N5O3. The smallest absolute Gasteiger partial charge is 0.475 e. The molecule has 3 N–H and O–H groups in total. The van der Waals surface area contributed by atoms with Gasteiger partial charge in [0.15, 0.2) is 5.65 Å². The van der Waals surface area contributed by atoms with Crippen LogP contribution in [0.25, 0.3) is 11.2 Å². The number of pyridine rings is 1. The summed E-state index contributed by atoms with van der Waals surface area (Å²) in [7, 11) is 1.63. The van der Waals surface area contributed by atoms with Gasteiger partial charge in [0.1, 0.15) is 17.2 Å². The van der Waals surface area contributed by atoms with Crippen LogP contribution >= 0.6 is 0 Å². The number of nitrogens with two attached hydrogens (primary N) is 1.